The van der Waals surface area contributed by atoms with E-state index in [1.54, 1.807) is 12.1 Å². The van der Waals surface area contributed by atoms with Crippen LogP contribution >= 0.6 is 0 Å². The number of aromatic nitrogens is 4. The zero-order chi connectivity index (χ0) is 16.5. The van der Waals surface area contributed by atoms with Crippen LogP contribution in [0.1, 0.15) is 17.8 Å². The third-order valence-corrected chi connectivity index (χ3v) is 4.44. The van der Waals surface area contributed by atoms with Crippen molar-refractivity contribution in [3.05, 3.63) is 58.5 Å². The highest BCUT2D eigenvalue weighted by molar-refractivity contribution is 5.88. The van der Waals surface area contributed by atoms with Gasteiger partial charge in [-0.25, -0.2) is 10.1 Å². The van der Waals surface area contributed by atoms with Gasteiger partial charge in [-0.15, -0.1) is 0 Å². The second-order valence-corrected chi connectivity index (χ2v) is 6.06. The number of rotatable bonds is 3. The van der Waals surface area contributed by atoms with Gasteiger partial charge in [0.1, 0.15) is 0 Å². The molecule has 0 saturated carbocycles. The van der Waals surface area contributed by atoms with Gasteiger partial charge in [-0.3, -0.25) is 9.59 Å². The summed E-state index contributed by atoms with van der Waals surface area (Å²) in [6, 6.07) is 7.30. The van der Waals surface area contributed by atoms with Crippen molar-refractivity contribution >= 4 is 16.7 Å². The average Bonchev–Trinajstić information content (AvgIpc) is 3.05. The molecule has 1 aliphatic heterocycles. The smallest absolute Gasteiger partial charge is 0.272 e. The lowest BCUT2D eigenvalue weighted by Gasteiger charge is -2.24. The lowest BCUT2D eigenvalue weighted by Crippen LogP contribution is -2.40. The molecule has 0 saturated heterocycles. The first kappa shape index (κ1) is 14.6. The van der Waals surface area contributed by atoms with Crippen molar-refractivity contribution in [1.82, 2.24) is 25.1 Å². The fourth-order valence-corrected chi connectivity index (χ4v) is 3.23. The number of H-pyrrole nitrogens is 1. The molecule has 0 bridgehead atoms. The summed E-state index contributed by atoms with van der Waals surface area (Å²) in [5, 5.41) is 10.9. The second-order valence-electron chi connectivity index (χ2n) is 6.06. The molecule has 1 atom stereocenters. The summed E-state index contributed by atoms with van der Waals surface area (Å²) in [5.74, 6) is -0.0855. The summed E-state index contributed by atoms with van der Waals surface area (Å²) >= 11 is 0. The molecule has 3 heterocycles. The minimum Gasteiger partial charge on any atom is -0.353 e. The van der Waals surface area contributed by atoms with Gasteiger partial charge in [-0.1, -0.05) is 18.2 Å². The van der Waals surface area contributed by atoms with E-state index in [0.29, 0.717) is 11.1 Å². The number of fused-ring (bicyclic) bond motifs is 2. The molecule has 122 valence electrons. The Labute approximate surface area is 137 Å². The first-order chi connectivity index (χ1) is 11.7. The molecule has 1 aromatic carbocycles. The van der Waals surface area contributed by atoms with Crippen molar-refractivity contribution in [2.75, 3.05) is 0 Å². The quantitative estimate of drug-likeness (QED) is 0.745. The van der Waals surface area contributed by atoms with Crippen LogP contribution in [0.2, 0.25) is 0 Å². The van der Waals surface area contributed by atoms with Crippen LogP contribution in [0, 0.1) is 0 Å². The van der Waals surface area contributed by atoms with Crippen molar-refractivity contribution < 1.29 is 4.79 Å². The van der Waals surface area contributed by atoms with Crippen LogP contribution in [0.4, 0.5) is 0 Å². The summed E-state index contributed by atoms with van der Waals surface area (Å²) in [6.45, 7) is 0.861. The molecule has 0 fully saturated rings. The topological polar surface area (TPSA) is 92.7 Å². The maximum absolute atomic E-state index is 12.4. The number of aromatic amines is 1. The van der Waals surface area contributed by atoms with Gasteiger partial charge < -0.3 is 9.88 Å². The van der Waals surface area contributed by atoms with Gasteiger partial charge in [0.2, 0.25) is 5.91 Å². The van der Waals surface area contributed by atoms with E-state index in [1.807, 2.05) is 24.7 Å². The maximum atomic E-state index is 12.4. The molecule has 0 radical (unpaired) electrons. The minimum absolute atomic E-state index is 0.0855. The third-order valence-electron chi connectivity index (χ3n) is 4.44. The largest absolute Gasteiger partial charge is 0.353 e. The number of imidazole rings is 1. The van der Waals surface area contributed by atoms with E-state index in [2.05, 4.69) is 25.1 Å². The lowest BCUT2D eigenvalue weighted by molar-refractivity contribution is -0.121. The van der Waals surface area contributed by atoms with Crippen LogP contribution in [0.15, 0.2) is 41.6 Å². The Morgan fingerprint density at radius 2 is 2.17 bits per heavy atom. The average molecular weight is 323 g/mol. The minimum atomic E-state index is -0.240. The van der Waals surface area contributed by atoms with E-state index in [4.69, 9.17) is 0 Å². The molecule has 0 spiro atoms. The van der Waals surface area contributed by atoms with Crippen LogP contribution in [0.3, 0.4) is 0 Å². The molecular formula is C17H17N5O2. The summed E-state index contributed by atoms with van der Waals surface area (Å²) < 4.78 is 2.11. The van der Waals surface area contributed by atoms with Gasteiger partial charge in [0.25, 0.3) is 5.56 Å². The first-order valence-electron chi connectivity index (χ1n) is 7.95. The van der Waals surface area contributed by atoms with Crippen LogP contribution < -0.4 is 10.9 Å². The molecule has 7 nitrogen and oxygen atoms in total. The molecule has 1 aliphatic rings. The lowest BCUT2D eigenvalue weighted by atomic mass is 10.0. The van der Waals surface area contributed by atoms with E-state index in [1.165, 1.54) is 0 Å². The van der Waals surface area contributed by atoms with Crippen molar-refractivity contribution in [1.29, 1.82) is 0 Å². The monoisotopic (exact) mass is 323 g/mol. The van der Waals surface area contributed by atoms with E-state index in [0.717, 1.165) is 30.5 Å². The number of benzene rings is 1. The molecule has 2 N–H and O–H groups in total. The van der Waals surface area contributed by atoms with Gasteiger partial charge >= 0.3 is 0 Å². The fraction of sp³-hybridized carbons (Fsp3) is 0.294. The Balaban J connectivity index is 1.49. The van der Waals surface area contributed by atoms with Gasteiger partial charge in [0, 0.05) is 36.3 Å². The Hall–Kier alpha value is -2.96. The van der Waals surface area contributed by atoms with Crippen LogP contribution in [0.25, 0.3) is 10.8 Å². The molecule has 4 rings (SSSR count). The summed E-state index contributed by atoms with van der Waals surface area (Å²) in [4.78, 5) is 28.3. The molecule has 1 unspecified atom stereocenters. The van der Waals surface area contributed by atoms with E-state index < -0.39 is 0 Å². The van der Waals surface area contributed by atoms with Crippen LogP contribution in [0.5, 0.6) is 0 Å². The number of carbonyl (C=O) groups excluding carboxylic acids is 1. The van der Waals surface area contributed by atoms with E-state index in [-0.39, 0.29) is 23.9 Å². The number of carbonyl (C=O) groups is 1. The van der Waals surface area contributed by atoms with Crippen molar-refractivity contribution in [3.8, 4) is 0 Å². The predicted octanol–water partition coefficient (Wildman–Crippen LogP) is 0.793. The zero-order valence-corrected chi connectivity index (χ0v) is 13.0. The second kappa shape index (κ2) is 5.92. The maximum Gasteiger partial charge on any atom is 0.272 e. The number of hydrogen-bond donors (Lipinski definition) is 2. The van der Waals surface area contributed by atoms with Crippen molar-refractivity contribution in [3.63, 3.8) is 0 Å². The van der Waals surface area contributed by atoms with E-state index >= 15 is 0 Å². The molecule has 3 aromatic rings. The van der Waals surface area contributed by atoms with Gasteiger partial charge in [-0.2, -0.15) is 5.10 Å². The van der Waals surface area contributed by atoms with Gasteiger partial charge in [-0.05, 0) is 12.5 Å². The highest BCUT2D eigenvalue weighted by Crippen LogP contribution is 2.15. The molecular weight excluding hydrogens is 306 g/mol. The Kier molecular flexibility index (Phi) is 3.60. The number of amides is 1. The standard InChI is InChI=1S/C17H17N5O2/c23-16(19-11-5-6-22-10-18-9-12(22)7-11)8-15-13-3-1-2-4-14(13)17(24)21-20-15/h1-4,9-11H,5-8H2,(H,19,23)(H,21,24). The van der Waals surface area contributed by atoms with Gasteiger partial charge in [0.15, 0.2) is 0 Å². The molecule has 1 amide bonds. The first-order valence-corrected chi connectivity index (χ1v) is 7.95. The molecule has 24 heavy (non-hydrogen) atoms. The van der Waals surface area contributed by atoms with Crippen LogP contribution in [-0.4, -0.2) is 31.7 Å². The SMILES string of the molecule is O=C(Cc1n[nH]c(=O)c2ccccc12)NC1CCn2cncc2C1. The van der Waals surface area contributed by atoms with E-state index in [9.17, 15) is 9.59 Å². The summed E-state index contributed by atoms with van der Waals surface area (Å²) in [6.07, 6.45) is 5.48. The Morgan fingerprint density at radius 1 is 1.33 bits per heavy atom. The fourth-order valence-electron chi connectivity index (χ4n) is 3.23. The third kappa shape index (κ3) is 2.68. The van der Waals surface area contributed by atoms with Crippen molar-refractivity contribution in [2.24, 2.45) is 0 Å². The highest BCUT2D eigenvalue weighted by atomic mass is 16.1. The molecule has 7 heteroatoms. The molecule has 2 aromatic heterocycles. The number of aryl methyl sites for hydroxylation is 1. The summed E-state index contributed by atoms with van der Waals surface area (Å²) in [7, 11) is 0. The predicted molar refractivity (Wildman–Crippen MR) is 88.5 cm³/mol. The Morgan fingerprint density at radius 3 is 3.04 bits per heavy atom. The Bertz CT molecular complexity index is 959. The number of hydrogen-bond acceptors (Lipinski definition) is 4. The summed E-state index contributed by atoms with van der Waals surface area (Å²) in [5.41, 5.74) is 1.48. The number of nitrogens with zero attached hydrogens (tertiary/aromatic N) is 3. The number of nitrogens with one attached hydrogen (secondary N) is 2. The molecule has 0 aliphatic carbocycles. The van der Waals surface area contributed by atoms with Crippen molar-refractivity contribution in [2.45, 2.75) is 31.8 Å². The van der Waals surface area contributed by atoms with Crippen LogP contribution in [-0.2, 0) is 24.2 Å². The van der Waals surface area contributed by atoms with Gasteiger partial charge in [0.05, 0.1) is 23.8 Å². The normalized spacial score (nSPS) is 16.8. The zero-order valence-electron chi connectivity index (χ0n) is 13.0. The highest BCUT2D eigenvalue weighted by Gasteiger charge is 2.21.